The number of esters is 3. The number of unbranched alkanes of at least 4 members (excludes halogenated alkanes) is 2. The second kappa shape index (κ2) is 22.6. The van der Waals surface area contributed by atoms with Gasteiger partial charge in [-0.05, 0) is 26.7 Å². The molecule has 28 heavy (non-hydrogen) atoms. The van der Waals surface area contributed by atoms with Gasteiger partial charge in [-0.2, -0.15) is 0 Å². The summed E-state index contributed by atoms with van der Waals surface area (Å²) < 4.78 is 13.9. The average molecular weight is 401 g/mol. The van der Waals surface area contributed by atoms with Crippen LogP contribution in [0.3, 0.4) is 0 Å². The number of aliphatic hydroxyl groups excluding tert-OH is 1. The summed E-state index contributed by atoms with van der Waals surface area (Å²) in [5.41, 5.74) is 0.819. The molecule has 0 aromatic heterocycles. The van der Waals surface area contributed by atoms with Crippen LogP contribution < -0.4 is 0 Å². The SMILES string of the molecule is C=C(C)C(=O)OCCCC.C=C(C)C(=O)OCCO.C=CC(=O)OCCCC. The van der Waals surface area contributed by atoms with E-state index in [-0.39, 0.29) is 25.2 Å². The Kier molecular flexibility index (Phi) is 24.5. The standard InChI is InChI=1S/C8H14O2.C7H12O2.C6H10O3/c1-4-5-6-10-8(9)7(2)3;1-3-5-6-9-7(8)4-2;1-5(2)6(8)9-4-3-7/h2,4-6H2,1,3H3;4H,2-3,5-6H2,1H3;7H,1,3-4H2,2H3. The Morgan fingerprint density at radius 1 is 0.821 bits per heavy atom. The molecule has 0 unspecified atom stereocenters. The Bertz CT molecular complexity index is 479. The molecular formula is C21H36O7. The van der Waals surface area contributed by atoms with Crippen LogP contribution in [0.25, 0.3) is 0 Å². The van der Waals surface area contributed by atoms with Crippen molar-refractivity contribution in [3.8, 4) is 0 Å². The Morgan fingerprint density at radius 2 is 1.21 bits per heavy atom. The molecule has 0 heterocycles. The Morgan fingerprint density at radius 3 is 1.54 bits per heavy atom. The molecule has 0 aromatic rings. The molecule has 0 bridgehead atoms. The summed E-state index contributed by atoms with van der Waals surface area (Å²) in [4.78, 5) is 31.5. The van der Waals surface area contributed by atoms with Gasteiger partial charge < -0.3 is 19.3 Å². The van der Waals surface area contributed by atoms with E-state index in [4.69, 9.17) is 9.84 Å². The molecule has 0 aliphatic carbocycles. The van der Waals surface area contributed by atoms with E-state index in [1.807, 2.05) is 6.92 Å². The van der Waals surface area contributed by atoms with Crippen LogP contribution in [0.15, 0.2) is 37.0 Å². The van der Waals surface area contributed by atoms with Crippen molar-refractivity contribution < 1.29 is 33.7 Å². The van der Waals surface area contributed by atoms with Gasteiger partial charge in [-0.3, -0.25) is 0 Å². The third-order valence-corrected chi connectivity index (χ3v) is 2.66. The van der Waals surface area contributed by atoms with Gasteiger partial charge in [-0.1, -0.05) is 46.4 Å². The summed E-state index contributed by atoms with van der Waals surface area (Å²) in [5.74, 6) is -1.07. The van der Waals surface area contributed by atoms with Crippen molar-refractivity contribution in [3.63, 3.8) is 0 Å². The van der Waals surface area contributed by atoms with Gasteiger partial charge >= 0.3 is 17.9 Å². The van der Waals surface area contributed by atoms with Crippen molar-refractivity contribution in [2.75, 3.05) is 26.4 Å². The lowest BCUT2D eigenvalue weighted by molar-refractivity contribution is -0.140. The number of rotatable bonds is 11. The molecule has 0 fully saturated rings. The van der Waals surface area contributed by atoms with Gasteiger partial charge in [-0.25, -0.2) is 14.4 Å². The van der Waals surface area contributed by atoms with Gasteiger partial charge in [0.1, 0.15) is 6.61 Å². The number of carbonyl (C=O) groups is 3. The lowest BCUT2D eigenvalue weighted by atomic mass is 10.3. The van der Waals surface area contributed by atoms with Crippen molar-refractivity contribution in [1.82, 2.24) is 0 Å². The molecule has 162 valence electrons. The Labute approximate surface area is 169 Å². The lowest BCUT2D eigenvalue weighted by Gasteiger charge is -2.01. The van der Waals surface area contributed by atoms with Crippen LogP contribution in [0, 0.1) is 0 Å². The number of hydrogen-bond donors (Lipinski definition) is 1. The van der Waals surface area contributed by atoms with Gasteiger partial charge in [0.25, 0.3) is 0 Å². The highest BCUT2D eigenvalue weighted by atomic mass is 16.5. The quantitative estimate of drug-likeness (QED) is 0.245. The summed E-state index contributed by atoms with van der Waals surface area (Å²) in [6, 6.07) is 0. The third kappa shape index (κ3) is 25.8. The summed E-state index contributed by atoms with van der Waals surface area (Å²) in [6.45, 7) is 18.3. The molecule has 7 nitrogen and oxygen atoms in total. The van der Waals surface area contributed by atoms with Crippen LogP contribution in [0.4, 0.5) is 0 Å². The molecule has 1 N–H and O–H groups in total. The van der Waals surface area contributed by atoms with Crippen molar-refractivity contribution in [2.45, 2.75) is 53.4 Å². The van der Waals surface area contributed by atoms with Crippen molar-refractivity contribution >= 4 is 17.9 Å². The van der Waals surface area contributed by atoms with Crippen LogP contribution in [-0.2, 0) is 28.6 Å². The zero-order valence-electron chi connectivity index (χ0n) is 17.8. The molecule has 0 atom stereocenters. The van der Waals surface area contributed by atoms with Gasteiger partial charge in [-0.15, -0.1) is 0 Å². The average Bonchev–Trinajstić information content (AvgIpc) is 2.67. The maximum absolute atomic E-state index is 10.7. The normalized spacial score (nSPS) is 8.75. The first-order valence-corrected chi connectivity index (χ1v) is 9.23. The molecular weight excluding hydrogens is 364 g/mol. The highest BCUT2D eigenvalue weighted by Gasteiger charge is 2.00. The van der Waals surface area contributed by atoms with Gasteiger partial charge in [0.05, 0.1) is 19.8 Å². The van der Waals surface area contributed by atoms with Crippen LogP contribution in [-0.4, -0.2) is 49.4 Å². The molecule has 0 amide bonds. The zero-order chi connectivity index (χ0) is 22.4. The molecule has 0 spiro atoms. The minimum absolute atomic E-state index is 0.0473. The van der Waals surface area contributed by atoms with Crippen molar-refractivity contribution in [1.29, 1.82) is 0 Å². The Hall–Kier alpha value is -2.41. The second-order valence-corrected chi connectivity index (χ2v) is 5.63. The molecule has 7 heteroatoms. The minimum Gasteiger partial charge on any atom is -0.463 e. The lowest BCUT2D eigenvalue weighted by Crippen LogP contribution is -2.08. The largest absolute Gasteiger partial charge is 0.463 e. The van der Waals surface area contributed by atoms with E-state index in [2.05, 4.69) is 36.1 Å². The van der Waals surface area contributed by atoms with Gasteiger partial charge in [0.15, 0.2) is 0 Å². The first-order valence-electron chi connectivity index (χ1n) is 9.23. The van der Waals surface area contributed by atoms with Crippen LogP contribution in [0.2, 0.25) is 0 Å². The molecule has 0 radical (unpaired) electrons. The first-order chi connectivity index (χ1) is 13.2. The number of aliphatic hydroxyl groups is 1. The first kappa shape index (κ1) is 30.3. The molecule has 0 saturated carbocycles. The monoisotopic (exact) mass is 400 g/mol. The smallest absolute Gasteiger partial charge is 0.333 e. The summed E-state index contributed by atoms with van der Waals surface area (Å²) in [5, 5.41) is 8.19. The van der Waals surface area contributed by atoms with E-state index in [0.29, 0.717) is 24.4 Å². The molecule has 0 aromatic carbocycles. The highest BCUT2D eigenvalue weighted by molar-refractivity contribution is 5.87. The number of carbonyl (C=O) groups excluding carboxylic acids is 3. The van der Waals surface area contributed by atoms with Crippen LogP contribution in [0.1, 0.15) is 53.4 Å². The number of ether oxygens (including phenoxy) is 3. The molecule has 0 aliphatic rings. The molecule has 0 rings (SSSR count). The van der Waals surface area contributed by atoms with E-state index in [9.17, 15) is 14.4 Å². The van der Waals surface area contributed by atoms with Gasteiger partial charge in [0.2, 0.25) is 0 Å². The highest BCUT2D eigenvalue weighted by Crippen LogP contribution is 1.94. The maximum Gasteiger partial charge on any atom is 0.333 e. The topological polar surface area (TPSA) is 99.1 Å². The molecule has 0 saturated heterocycles. The van der Waals surface area contributed by atoms with Crippen molar-refractivity contribution in [3.05, 3.63) is 37.0 Å². The van der Waals surface area contributed by atoms with E-state index < -0.39 is 5.97 Å². The fraction of sp³-hybridized carbons (Fsp3) is 0.571. The van der Waals surface area contributed by atoms with Crippen LogP contribution >= 0.6 is 0 Å². The summed E-state index contributed by atoms with van der Waals surface area (Å²) >= 11 is 0. The van der Waals surface area contributed by atoms with Gasteiger partial charge in [0, 0.05) is 17.2 Å². The molecule has 0 aliphatic heterocycles. The Balaban J connectivity index is -0.000000336. The van der Waals surface area contributed by atoms with E-state index in [1.165, 1.54) is 6.08 Å². The predicted molar refractivity (Wildman–Crippen MR) is 110 cm³/mol. The third-order valence-electron chi connectivity index (χ3n) is 2.66. The van der Waals surface area contributed by atoms with Crippen molar-refractivity contribution in [2.24, 2.45) is 0 Å². The summed E-state index contributed by atoms with van der Waals surface area (Å²) in [6.07, 6.45) is 5.13. The summed E-state index contributed by atoms with van der Waals surface area (Å²) in [7, 11) is 0. The predicted octanol–water partition coefficient (Wildman–Crippen LogP) is 3.52. The second-order valence-electron chi connectivity index (χ2n) is 5.63. The van der Waals surface area contributed by atoms with E-state index >= 15 is 0 Å². The number of hydrogen-bond acceptors (Lipinski definition) is 7. The van der Waals surface area contributed by atoms with E-state index in [1.54, 1.807) is 13.8 Å². The van der Waals surface area contributed by atoms with E-state index in [0.717, 1.165) is 25.7 Å². The fourth-order valence-corrected chi connectivity index (χ4v) is 1.07. The minimum atomic E-state index is -0.455. The maximum atomic E-state index is 10.7. The van der Waals surface area contributed by atoms with Crippen LogP contribution in [0.5, 0.6) is 0 Å². The fourth-order valence-electron chi connectivity index (χ4n) is 1.07. The zero-order valence-corrected chi connectivity index (χ0v) is 17.8.